The molecule has 0 aliphatic rings. The summed E-state index contributed by atoms with van der Waals surface area (Å²) < 4.78 is 31.4. The maximum Gasteiger partial charge on any atom is 0.417 e. The van der Waals surface area contributed by atoms with Crippen LogP contribution in [0, 0.1) is 0 Å². The van der Waals surface area contributed by atoms with Crippen LogP contribution in [0.5, 0.6) is 0 Å². The summed E-state index contributed by atoms with van der Waals surface area (Å²) >= 11 is 1.42. The van der Waals surface area contributed by atoms with Crippen molar-refractivity contribution >= 4 is 38.9 Å². The van der Waals surface area contributed by atoms with Crippen molar-refractivity contribution < 1.29 is 22.7 Å². The van der Waals surface area contributed by atoms with Crippen molar-refractivity contribution in [3.8, 4) is 0 Å². The van der Waals surface area contributed by atoms with Crippen LogP contribution < -0.4 is 10.5 Å². The van der Waals surface area contributed by atoms with Gasteiger partial charge in [0.25, 0.3) is 0 Å². The second kappa shape index (κ2) is 6.55. The van der Waals surface area contributed by atoms with Crippen LogP contribution in [0.3, 0.4) is 0 Å². The SMILES string of the molecule is CSCCC(NS(=O)(=O)c1ccc2[nH]c(=O)oc2c1)C(=O)O. The molecule has 0 fully saturated rings. The number of carbonyl (C=O) groups is 1. The lowest BCUT2D eigenvalue weighted by Gasteiger charge is -2.14. The van der Waals surface area contributed by atoms with Gasteiger partial charge < -0.3 is 9.52 Å². The summed E-state index contributed by atoms with van der Waals surface area (Å²) in [7, 11) is -4.03. The Morgan fingerprint density at radius 1 is 1.50 bits per heavy atom. The number of aromatic amines is 1. The van der Waals surface area contributed by atoms with E-state index in [9.17, 15) is 18.0 Å². The van der Waals surface area contributed by atoms with Crippen molar-refractivity contribution in [1.82, 2.24) is 9.71 Å². The van der Waals surface area contributed by atoms with Crippen LogP contribution in [0.25, 0.3) is 11.1 Å². The van der Waals surface area contributed by atoms with Crippen molar-refractivity contribution in [2.45, 2.75) is 17.4 Å². The van der Waals surface area contributed by atoms with E-state index in [-0.39, 0.29) is 16.9 Å². The number of benzene rings is 1. The number of aliphatic carboxylic acids is 1. The molecule has 0 aliphatic heterocycles. The predicted octanol–water partition coefficient (Wildman–Crippen LogP) is 0.606. The van der Waals surface area contributed by atoms with Gasteiger partial charge in [0.1, 0.15) is 6.04 Å². The van der Waals surface area contributed by atoms with E-state index in [1.54, 1.807) is 6.26 Å². The van der Waals surface area contributed by atoms with Crippen molar-refractivity contribution in [2.24, 2.45) is 0 Å². The van der Waals surface area contributed by atoms with E-state index in [4.69, 9.17) is 9.52 Å². The molecule has 1 heterocycles. The number of rotatable bonds is 7. The molecule has 0 amide bonds. The summed E-state index contributed by atoms with van der Waals surface area (Å²) in [4.78, 5) is 24.4. The minimum absolute atomic E-state index is 0.0869. The molecule has 2 rings (SSSR count). The van der Waals surface area contributed by atoms with Crippen molar-refractivity contribution in [3.05, 3.63) is 28.7 Å². The first kappa shape index (κ1) is 16.6. The van der Waals surface area contributed by atoms with E-state index in [0.29, 0.717) is 11.3 Å². The van der Waals surface area contributed by atoms with Crippen molar-refractivity contribution in [2.75, 3.05) is 12.0 Å². The number of oxazole rings is 1. The van der Waals surface area contributed by atoms with E-state index in [1.165, 1.54) is 30.0 Å². The van der Waals surface area contributed by atoms with Gasteiger partial charge in [0.2, 0.25) is 10.0 Å². The highest BCUT2D eigenvalue weighted by Gasteiger charge is 2.25. The highest BCUT2D eigenvalue weighted by molar-refractivity contribution is 7.98. The Labute approximate surface area is 130 Å². The van der Waals surface area contributed by atoms with Crippen LogP contribution in [0.1, 0.15) is 6.42 Å². The molecule has 1 aromatic heterocycles. The first-order chi connectivity index (χ1) is 10.3. The Balaban J connectivity index is 2.30. The Hall–Kier alpha value is -1.78. The lowest BCUT2D eigenvalue weighted by Crippen LogP contribution is -2.41. The molecular formula is C12H14N2O6S2. The lowest BCUT2D eigenvalue weighted by atomic mass is 10.2. The fraction of sp³-hybridized carbons (Fsp3) is 0.333. The maximum absolute atomic E-state index is 12.2. The smallest absolute Gasteiger partial charge is 0.417 e. The largest absolute Gasteiger partial charge is 0.480 e. The molecule has 8 nitrogen and oxygen atoms in total. The molecule has 1 unspecified atom stereocenters. The lowest BCUT2D eigenvalue weighted by molar-refractivity contribution is -0.139. The molecule has 0 radical (unpaired) electrons. The summed E-state index contributed by atoms with van der Waals surface area (Å²) in [6.07, 6.45) is 1.96. The number of aromatic nitrogens is 1. The van der Waals surface area contributed by atoms with Gasteiger partial charge in [-0.1, -0.05) is 0 Å². The zero-order valence-corrected chi connectivity index (χ0v) is 13.2. The summed E-state index contributed by atoms with van der Waals surface area (Å²) in [5.41, 5.74) is 0.449. The first-order valence-corrected chi connectivity index (χ1v) is 9.08. The van der Waals surface area contributed by atoms with E-state index in [0.717, 1.165) is 0 Å². The van der Waals surface area contributed by atoms with Gasteiger partial charge in [0.05, 0.1) is 10.4 Å². The number of thioether (sulfide) groups is 1. The average Bonchev–Trinajstić information content (AvgIpc) is 2.82. The first-order valence-electron chi connectivity index (χ1n) is 6.20. The number of carboxylic acids is 1. The fourth-order valence-electron chi connectivity index (χ4n) is 1.82. The number of hydrogen-bond acceptors (Lipinski definition) is 6. The molecule has 22 heavy (non-hydrogen) atoms. The standard InChI is InChI=1S/C12H14N2O6S2/c1-21-5-4-9(11(15)16)14-22(18,19)7-2-3-8-10(6-7)20-12(17)13-8/h2-3,6,9,14H,4-5H2,1H3,(H,13,17)(H,15,16). The van der Waals surface area contributed by atoms with Gasteiger partial charge in [-0.2, -0.15) is 16.5 Å². The second-order valence-electron chi connectivity index (χ2n) is 4.47. The molecule has 0 saturated carbocycles. The summed E-state index contributed by atoms with van der Waals surface area (Å²) in [5, 5.41) is 9.08. The van der Waals surface area contributed by atoms with Crippen LogP contribution in [-0.4, -0.2) is 42.5 Å². The maximum atomic E-state index is 12.2. The van der Waals surface area contributed by atoms with Gasteiger partial charge in [-0.3, -0.25) is 9.78 Å². The van der Waals surface area contributed by atoms with Gasteiger partial charge in [-0.05, 0) is 30.6 Å². The van der Waals surface area contributed by atoms with Gasteiger partial charge in [-0.25, -0.2) is 13.2 Å². The fourth-order valence-corrected chi connectivity index (χ4v) is 3.53. The number of sulfonamides is 1. The summed E-state index contributed by atoms with van der Waals surface area (Å²) in [5.74, 6) is -1.43. The Morgan fingerprint density at radius 3 is 2.86 bits per heavy atom. The zero-order valence-electron chi connectivity index (χ0n) is 11.5. The molecule has 0 spiro atoms. The van der Waals surface area contributed by atoms with Crippen LogP contribution in [0.4, 0.5) is 0 Å². The monoisotopic (exact) mass is 346 g/mol. The number of carboxylic acid groups (broad SMARTS) is 1. The summed E-state index contributed by atoms with van der Waals surface area (Å²) in [6.45, 7) is 0. The highest BCUT2D eigenvalue weighted by atomic mass is 32.2. The summed E-state index contributed by atoms with van der Waals surface area (Å²) in [6, 6.07) is 2.60. The van der Waals surface area contributed by atoms with Crippen LogP contribution in [-0.2, 0) is 14.8 Å². The molecule has 0 aliphatic carbocycles. The highest BCUT2D eigenvalue weighted by Crippen LogP contribution is 2.17. The molecule has 120 valence electrons. The Bertz CT molecular complexity index is 839. The van der Waals surface area contributed by atoms with Gasteiger partial charge in [0, 0.05) is 6.07 Å². The van der Waals surface area contributed by atoms with E-state index < -0.39 is 27.8 Å². The van der Waals surface area contributed by atoms with Crippen molar-refractivity contribution in [3.63, 3.8) is 0 Å². The minimum Gasteiger partial charge on any atom is -0.480 e. The number of H-pyrrole nitrogens is 1. The second-order valence-corrected chi connectivity index (χ2v) is 7.17. The van der Waals surface area contributed by atoms with Gasteiger partial charge >= 0.3 is 11.7 Å². The van der Waals surface area contributed by atoms with Crippen molar-refractivity contribution in [1.29, 1.82) is 0 Å². The predicted molar refractivity (Wildman–Crippen MR) is 81.6 cm³/mol. The quantitative estimate of drug-likeness (QED) is 0.669. The molecular weight excluding hydrogens is 332 g/mol. The van der Waals surface area contributed by atoms with Gasteiger partial charge in [0.15, 0.2) is 5.58 Å². The van der Waals surface area contributed by atoms with E-state index in [2.05, 4.69) is 9.71 Å². The van der Waals surface area contributed by atoms with Crippen LogP contribution in [0.15, 0.2) is 32.3 Å². The third kappa shape index (κ3) is 3.70. The molecule has 3 N–H and O–H groups in total. The third-order valence-corrected chi connectivity index (χ3v) is 5.02. The average molecular weight is 346 g/mol. The zero-order chi connectivity index (χ0) is 16.3. The minimum atomic E-state index is -4.03. The molecule has 1 atom stereocenters. The van der Waals surface area contributed by atoms with Gasteiger partial charge in [-0.15, -0.1) is 0 Å². The normalized spacial score (nSPS) is 13.3. The van der Waals surface area contributed by atoms with Crippen LogP contribution >= 0.6 is 11.8 Å². The number of fused-ring (bicyclic) bond motifs is 1. The van der Waals surface area contributed by atoms with E-state index >= 15 is 0 Å². The topological polar surface area (TPSA) is 129 Å². The van der Waals surface area contributed by atoms with E-state index in [1.807, 2.05) is 0 Å². The number of nitrogens with one attached hydrogen (secondary N) is 2. The molecule has 10 heteroatoms. The molecule has 0 saturated heterocycles. The number of hydrogen-bond donors (Lipinski definition) is 3. The molecule has 1 aromatic carbocycles. The molecule has 0 bridgehead atoms. The molecule has 2 aromatic rings. The Morgan fingerprint density at radius 2 is 2.23 bits per heavy atom. The third-order valence-electron chi connectivity index (χ3n) is 2.91. The Kier molecular flexibility index (Phi) is 4.94. The van der Waals surface area contributed by atoms with Crippen LogP contribution in [0.2, 0.25) is 0 Å².